The highest BCUT2D eigenvalue weighted by Gasteiger charge is 2.25. The van der Waals surface area contributed by atoms with Crippen molar-refractivity contribution in [3.8, 4) is 12.1 Å². The molecule has 5 heteroatoms. The molecule has 2 aliphatic heterocycles. The molecule has 0 radical (unpaired) electrons. The third-order valence-corrected chi connectivity index (χ3v) is 7.44. The Morgan fingerprint density at radius 1 is 0.795 bits per heavy atom. The Morgan fingerprint density at radius 3 is 1.97 bits per heavy atom. The van der Waals surface area contributed by atoms with E-state index in [1.165, 1.54) is 21.2 Å². The highest BCUT2D eigenvalue weighted by atomic mass is 32.2. The maximum atomic E-state index is 9.33. The van der Waals surface area contributed by atoms with Gasteiger partial charge in [-0.1, -0.05) is 87.2 Å². The highest BCUT2D eigenvalue weighted by molar-refractivity contribution is 7.99. The zero-order valence-corrected chi connectivity index (χ0v) is 22.9. The van der Waals surface area contributed by atoms with Crippen LogP contribution in [0.1, 0.15) is 26.3 Å². The molecular weight excluding hydrogens is 498 g/mol. The van der Waals surface area contributed by atoms with Crippen molar-refractivity contribution in [2.75, 3.05) is 4.90 Å². The summed E-state index contributed by atoms with van der Waals surface area (Å²) >= 11 is 1.80. The summed E-state index contributed by atoms with van der Waals surface area (Å²) < 4.78 is 6.05. The molecule has 0 atom stereocenters. The van der Waals surface area contributed by atoms with Gasteiger partial charge >= 0.3 is 0 Å². The first-order valence-corrected chi connectivity index (χ1v) is 13.5. The molecule has 3 aromatic rings. The van der Waals surface area contributed by atoms with Gasteiger partial charge in [-0.05, 0) is 60.2 Å². The van der Waals surface area contributed by atoms with Gasteiger partial charge in [-0.2, -0.15) is 10.5 Å². The summed E-state index contributed by atoms with van der Waals surface area (Å²) in [6.07, 6.45) is 11.2. The molecule has 0 saturated carbocycles. The van der Waals surface area contributed by atoms with E-state index in [1.807, 2.05) is 57.2 Å². The lowest BCUT2D eigenvalue weighted by molar-refractivity contribution is 0.223. The number of ether oxygens (including phenoxy) is 1. The molecule has 190 valence electrons. The lowest BCUT2D eigenvalue weighted by Gasteiger charge is -2.32. The summed E-state index contributed by atoms with van der Waals surface area (Å²) in [4.78, 5) is 4.79. The number of fused-ring (bicyclic) bond motifs is 2. The minimum atomic E-state index is -0.264. The second kappa shape index (κ2) is 11.0. The number of benzene rings is 3. The van der Waals surface area contributed by atoms with E-state index in [4.69, 9.17) is 4.74 Å². The smallest absolute Gasteiger partial charge is 0.137 e. The van der Waals surface area contributed by atoms with Crippen molar-refractivity contribution in [2.45, 2.75) is 30.6 Å². The molecule has 2 heterocycles. The SMILES string of the molecule is CC(C)(C)C1=CC(=C(C#N)C#N)C=C(/C=C/C=C/c2ccc(N3c4ccccc4Sc4ccccc43)cc2)O1. The Balaban J connectivity index is 1.35. The van der Waals surface area contributed by atoms with Gasteiger partial charge in [0.15, 0.2) is 0 Å². The fraction of sp³-hybridized carbons (Fsp3) is 0.118. The van der Waals surface area contributed by atoms with Crippen molar-refractivity contribution in [3.63, 3.8) is 0 Å². The monoisotopic (exact) mass is 525 g/mol. The second-order valence-corrected chi connectivity index (χ2v) is 11.2. The van der Waals surface area contributed by atoms with E-state index in [1.54, 1.807) is 23.9 Å². The number of allylic oxidation sites excluding steroid dienone is 8. The van der Waals surface area contributed by atoms with Crippen LogP contribution in [-0.4, -0.2) is 0 Å². The number of anilines is 3. The molecule has 0 bridgehead atoms. The van der Waals surface area contributed by atoms with Gasteiger partial charge in [-0.3, -0.25) is 0 Å². The molecule has 0 spiro atoms. The molecule has 0 aliphatic carbocycles. The number of nitrogens with zero attached hydrogens (tertiary/aromatic N) is 3. The van der Waals surface area contributed by atoms with Gasteiger partial charge in [-0.25, -0.2) is 0 Å². The number of hydrogen-bond donors (Lipinski definition) is 0. The van der Waals surface area contributed by atoms with Gasteiger partial charge in [-0.15, -0.1) is 0 Å². The van der Waals surface area contributed by atoms with Crippen LogP contribution >= 0.6 is 11.8 Å². The second-order valence-electron chi connectivity index (χ2n) is 10.1. The first kappa shape index (κ1) is 25.9. The lowest BCUT2D eigenvalue weighted by atomic mass is 9.90. The number of nitriles is 2. The van der Waals surface area contributed by atoms with Crippen LogP contribution in [0.15, 0.2) is 136 Å². The third kappa shape index (κ3) is 5.60. The summed E-state index contributed by atoms with van der Waals surface area (Å²) in [5.41, 5.74) is 4.91. The molecule has 0 fully saturated rings. The van der Waals surface area contributed by atoms with Crippen LogP contribution in [0.5, 0.6) is 0 Å². The quantitative estimate of drug-likeness (QED) is 0.196. The Morgan fingerprint density at radius 2 is 1.38 bits per heavy atom. The Bertz CT molecular complexity index is 1590. The average Bonchev–Trinajstić information content (AvgIpc) is 2.94. The van der Waals surface area contributed by atoms with Crippen molar-refractivity contribution in [1.82, 2.24) is 0 Å². The number of rotatable bonds is 4. The first-order valence-electron chi connectivity index (χ1n) is 12.6. The van der Waals surface area contributed by atoms with Crippen molar-refractivity contribution in [3.05, 3.63) is 131 Å². The minimum Gasteiger partial charge on any atom is -0.461 e. The molecule has 2 aliphatic rings. The molecule has 3 aromatic carbocycles. The summed E-state index contributed by atoms with van der Waals surface area (Å²) in [6.45, 7) is 6.10. The number of hydrogen-bond acceptors (Lipinski definition) is 5. The molecule has 39 heavy (non-hydrogen) atoms. The average molecular weight is 526 g/mol. The topological polar surface area (TPSA) is 60.0 Å². The zero-order valence-electron chi connectivity index (χ0n) is 22.1. The van der Waals surface area contributed by atoms with Gasteiger partial charge in [0.25, 0.3) is 0 Å². The van der Waals surface area contributed by atoms with Crippen molar-refractivity contribution >= 4 is 34.9 Å². The Labute approximate surface area is 234 Å². The van der Waals surface area contributed by atoms with Crippen LogP contribution in [0.3, 0.4) is 0 Å². The van der Waals surface area contributed by atoms with E-state index in [9.17, 15) is 10.5 Å². The summed E-state index contributed by atoms with van der Waals surface area (Å²) in [5.74, 6) is 1.29. The van der Waals surface area contributed by atoms with E-state index >= 15 is 0 Å². The summed E-state index contributed by atoms with van der Waals surface area (Å²) in [7, 11) is 0. The maximum Gasteiger partial charge on any atom is 0.137 e. The Kier molecular flexibility index (Phi) is 7.28. The van der Waals surface area contributed by atoms with Crippen LogP contribution in [0.4, 0.5) is 17.1 Å². The third-order valence-electron chi connectivity index (χ3n) is 6.31. The van der Waals surface area contributed by atoms with Gasteiger partial charge in [0.1, 0.15) is 29.2 Å². The van der Waals surface area contributed by atoms with Crippen molar-refractivity contribution in [2.24, 2.45) is 5.41 Å². The van der Waals surface area contributed by atoms with Crippen LogP contribution < -0.4 is 4.90 Å². The molecule has 4 nitrogen and oxygen atoms in total. The molecule has 0 N–H and O–H groups in total. The predicted octanol–water partition coefficient (Wildman–Crippen LogP) is 9.38. The zero-order chi connectivity index (χ0) is 27.4. The first-order chi connectivity index (χ1) is 18.9. The highest BCUT2D eigenvalue weighted by Crippen LogP contribution is 2.51. The molecule has 0 saturated heterocycles. The maximum absolute atomic E-state index is 9.33. The molecule has 0 unspecified atom stereocenters. The van der Waals surface area contributed by atoms with Gasteiger partial charge < -0.3 is 9.64 Å². The van der Waals surface area contributed by atoms with Crippen LogP contribution in [0, 0.1) is 28.1 Å². The van der Waals surface area contributed by atoms with E-state index in [0.29, 0.717) is 17.1 Å². The summed E-state index contributed by atoms with van der Waals surface area (Å²) in [5, 5.41) is 18.7. The molecule has 0 aromatic heterocycles. The van der Waals surface area contributed by atoms with Crippen molar-refractivity contribution < 1.29 is 4.74 Å². The standard InChI is InChI=1S/C34H27N3OS/c1-34(2,3)33-21-25(26(22-35)23-36)20-28(38-33)11-5-4-10-24-16-18-27(19-17-24)37-29-12-6-8-14-31(29)39-32-15-9-7-13-30(32)37/h4-21H,1-3H3/b10-4+,11-5+. The fourth-order valence-electron chi connectivity index (χ4n) is 4.31. The van der Waals surface area contributed by atoms with Crippen LogP contribution in [-0.2, 0) is 4.74 Å². The van der Waals surface area contributed by atoms with Crippen LogP contribution in [0.2, 0.25) is 0 Å². The molecule has 5 rings (SSSR count). The van der Waals surface area contributed by atoms with E-state index in [0.717, 1.165) is 11.3 Å². The lowest BCUT2D eigenvalue weighted by Crippen LogP contribution is -2.15. The molecular formula is C34H27N3OS. The normalized spacial score (nSPS) is 14.6. The molecule has 0 amide bonds. The van der Waals surface area contributed by atoms with Gasteiger partial charge in [0, 0.05) is 26.5 Å². The van der Waals surface area contributed by atoms with E-state index < -0.39 is 0 Å². The fourth-order valence-corrected chi connectivity index (χ4v) is 5.36. The van der Waals surface area contributed by atoms with E-state index in [2.05, 4.69) is 77.7 Å². The minimum absolute atomic E-state index is 0.0686. The summed E-state index contributed by atoms with van der Waals surface area (Å²) in [6, 6.07) is 29.4. The van der Waals surface area contributed by atoms with Gasteiger partial charge in [0.2, 0.25) is 0 Å². The largest absolute Gasteiger partial charge is 0.461 e. The van der Waals surface area contributed by atoms with E-state index in [-0.39, 0.29) is 11.0 Å². The Hall–Kier alpha value is -4.71. The van der Waals surface area contributed by atoms with Gasteiger partial charge in [0.05, 0.1) is 11.4 Å². The predicted molar refractivity (Wildman–Crippen MR) is 158 cm³/mol. The van der Waals surface area contributed by atoms with Crippen molar-refractivity contribution in [1.29, 1.82) is 10.5 Å². The van der Waals surface area contributed by atoms with Crippen LogP contribution in [0.25, 0.3) is 6.08 Å². The number of para-hydroxylation sites is 2.